The van der Waals surface area contributed by atoms with Crippen molar-refractivity contribution >= 4 is 17.5 Å². The molecule has 0 aliphatic carbocycles. The lowest BCUT2D eigenvalue weighted by molar-refractivity contribution is -0.121. The van der Waals surface area contributed by atoms with E-state index in [9.17, 15) is 4.79 Å². The molecule has 1 amide bonds. The number of nitrogens with one attached hydrogen (secondary N) is 2. The number of hydrogen-bond acceptors (Lipinski definition) is 2. The Morgan fingerprint density at radius 3 is 2.33 bits per heavy atom. The Kier molecular flexibility index (Phi) is 5.17. The predicted molar refractivity (Wildman–Crippen MR) is 75.8 cm³/mol. The minimum absolute atomic E-state index is 0.00307. The Balaban J connectivity index is 2.44. The molecule has 0 bridgehead atoms. The first kappa shape index (κ1) is 15.0. The molecule has 2 N–H and O–H groups in total. The second-order valence-corrected chi connectivity index (χ2v) is 5.89. The van der Waals surface area contributed by atoms with Gasteiger partial charge in [0.1, 0.15) is 0 Å². The molecule has 1 aromatic rings. The largest absolute Gasteiger partial charge is 0.350 e. The highest BCUT2D eigenvalue weighted by molar-refractivity contribution is 6.30. The average Bonchev–Trinajstić information content (AvgIpc) is 2.24. The van der Waals surface area contributed by atoms with Crippen molar-refractivity contribution in [1.29, 1.82) is 0 Å². The fourth-order valence-electron chi connectivity index (χ4n) is 1.58. The maximum Gasteiger partial charge on any atom is 0.234 e. The standard InChI is InChI=1S/C14H21ClN2O/c1-10(11-5-7-12(15)8-6-11)16-9-13(18)17-14(2,3)4/h5-8,10,16H,9H2,1-4H3,(H,17,18). The van der Waals surface area contributed by atoms with E-state index in [0.717, 1.165) is 10.6 Å². The zero-order valence-corrected chi connectivity index (χ0v) is 12.1. The number of rotatable bonds is 4. The smallest absolute Gasteiger partial charge is 0.234 e. The first-order valence-electron chi connectivity index (χ1n) is 6.08. The molecule has 18 heavy (non-hydrogen) atoms. The van der Waals surface area contributed by atoms with Crippen LogP contribution in [0.2, 0.25) is 5.02 Å². The summed E-state index contributed by atoms with van der Waals surface area (Å²) in [6.07, 6.45) is 0. The minimum atomic E-state index is -0.192. The van der Waals surface area contributed by atoms with Crippen LogP contribution in [0.1, 0.15) is 39.3 Å². The van der Waals surface area contributed by atoms with E-state index >= 15 is 0 Å². The zero-order valence-electron chi connectivity index (χ0n) is 11.4. The zero-order chi connectivity index (χ0) is 13.8. The van der Waals surface area contributed by atoms with E-state index in [2.05, 4.69) is 10.6 Å². The van der Waals surface area contributed by atoms with E-state index in [-0.39, 0.29) is 17.5 Å². The molecular formula is C14H21ClN2O. The summed E-state index contributed by atoms with van der Waals surface area (Å²) in [5.74, 6) is 0.00307. The van der Waals surface area contributed by atoms with Crippen molar-refractivity contribution in [3.8, 4) is 0 Å². The summed E-state index contributed by atoms with van der Waals surface area (Å²) in [5.41, 5.74) is 0.922. The normalized spacial score (nSPS) is 13.2. The van der Waals surface area contributed by atoms with Gasteiger partial charge in [0.05, 0.1) is 6.54 Å². The average molecular weight is 269 g/mol. The van der Waals surface area contributed by atoms with Crippen LogP contribution >= 0.6 is 11.6 Å². The van der Waals surface area contributed by atoms with Crippen molar-refractivity contribution in [3.05, 3.63) is 34.9 Å². The molecule has 1 atom stereocenters. The fourth-order valence-corrected chi connectivity index (χ4v) is 1.70. The maximum atomic E-state index is 11.7. The third-order valence-corrected chi connectivity index (χ3v) is 2.71. The number of halogens is 1. The third kappa shape index (κ3) is 5.52. The van der Waals surface area contributed by atoms with Gasteiger partial charge in [-0.25, -0.2) is 0 Å². The molecule has 0 fully saturated rings. The topological polar surface area (TPSA) is 41.1 Å². The van der Waals surface area contributed by atoms with E-state index in [4.69, 9.17) is 11.6 Å². The van der Waals surface area contributed by atoms with E-state index in [0.29, 0.717) is 6.54 Å². The summed E-state index contributed by atoms with van der Waals surface area (Å²) < 4.78 is 0. The van der Waals surface area contributed by atoms with Crippen molar-refractivity contribution < 1.29 is 4.79 Å². The van der Waals surface area contributed by atoms with Crippen LogP contribution in [0.4, 0.5) is 0 Å². The van der Waals surface area contributed by atoms with Crippen molar-refractivity contribution in [2.45, 2.75) is 39.3 Å². The molecule has 0 aromatic heterocycles. The van der Waals surface area contributed by atoms with Gasteiger partial charge in [0, 0.05) is 16.6 Å². The van der Waals surface area contributed by atoms with Crippen LogP contribution in [0, 0.1) is 0 Å². The second-order valence-electron chi connectivity index (χ2n) is 5.45. The van der Waals surface area contributed by atoms with Gasteiger partial charge < -0.3 is 10.6 Å². The summed E-state index contributed by atoms with van der Waals surface area (Å²) in [6, 6.07) is 7.74. The van der Waals surface area contributed by atoms with Crippen LogP contribution in [0.5, 0.6) is 0 Å². The molecule has 1 rings (SSSR count). The van der Waals surface area contributed by atoms with Crippen molar-refractivity contribution in [3.63, 3.8) is 0 Å². The highest BCUT2D eigenvalue weighted by Gasteiger charge is 2.14. The van der Waals surface area contributed by atoms with E-state index in [1.165, 1.54) is 0 Å². The van der Waals surface area contributed by atoms with Gasteiger partial charge in [-0.2, -0.15) is 0 Å². The van der Waals surface area contributed by atoms with Crippen molar-refractivity contribution in [2.75, 3.05) is 6.54 Å². The summed E-state index contributed by atoms with van der Waals surface area (Å²) in [5, 5.41) is 6.82. The van der Waals surface area contributed by atoms with Crippen LogP contribution in [-0.4, -0.2) is 18.0 Å². The molecular weight excluding hydrogens is 248 g/mol. The molecule has 0 saturated carbocycles. The quantitative estimate of drug-likeness (QED) is 0.882. The van der Waals surface area contributed by atoms with Crippen molar-refractivity contribution in [1.82, 2.24) is 10.6 Å². The molecule has 100 valence electrons. The number of carbonyl (C=O) groups is 1. The van der Waals surface area contributed by atoms with Crippen LogP contribution in [0.15, 0.2) is 24.3 Å². The van der Waals surface area contributed by atoms with Gasteiger partial charge in [-0.05, 0) is 45.4 Å². The SMILES string of the molecule is CC(NCC(=O)NC(C)(C)C)c1ccc(Cl)cc1. The molecule has 0 heterocycles. The van der Waals surface area contributed by atoms with Crippen LogP contribution < -0.4 is 10.6 Å². The van der Waals surface area contributed by atoms with Crippen LogP contribution in [0.25, 0.3) is 0 Å². The van der Waals surface area contributed by atoms with Gasteiger partial charge in [0.2, 0.25) is 5.91 Å². The lowest BCUT2D eigenvalue weighted by atomic mass is 10.1. The molecule has 0 aliphatic rings. The Hall–Kier alpha value is -1.06. The minimum Gasteiger partial charge on any atom is -0.350 e. The molecule has 0 radical (unpaired) electrons. The van der Waals surface area contributed by atoms with E-state index in [1.54, 1.807) is 0 Å². The Labute approximate surface area is 114 Å². The van der Waals surface area contributed by atoms with Gasteiger partial charge in [-0.15, -0.1) is 0 Å². The van der Waals surface area contributed by atoms with Crippen molar-refractivity contribution in [2.24, 2.45) is 0 Å². The Bertz CT molecular complexity index is 395. The molecule has 1 aromatic carbocycles. The molecule has 0 saturated heterocycles. The molecule has 0 spiro atoms. The lowest BCUT2D eigenvalue weighted by Crippen LogP contribution is -2.45. The van der Waals surface area contributed by atoms with Gasteiger partial charge in [-0.1, -0.05) is 23.7 Å². The monoisotopic (exact) mass is 268 g/mol. The Morgan fingerprint density at radius 2 is 1.83 bits per heavy atom. The van der Waals surface area contributed by atoms with Gasteiger partial charge in [-0.3, -0.25) is 4.79 Å². The first-order valence-corrected chi connectivity index (χ1v) is 6.45. The first-order chi connectivity index (χ1) is 8.28. The summed E-state index contributed by atoms with van der Waals surface area (Å²) in [7, 11) is 0. The van der Waals surface area contributed by atoms with Gasteiger partial charge in [0.25, 0.3) is 0 Å². The lowest BCUT2D eigenvalue weighted by Gasteiger charge is -2.21. The highest BCUT2D eigenvalue weighted by Crippen LogP contribution is 2.15. The number of carbonyl (C=O) groups excluding carboxylic acids is 1. The third-order valence-electron chi connectivity index (χ3n) is 2.45. The van der Waals surface area contributed by atoms with Crippen LogP contribution in [0.3, 0.4) is 0 Å². The van der Waals surface area contributed by atoms with Crippen LogP contribution in [-0.2, 0) is 4.79 Å². The predicted octanol–water partition coefficient (Wildman–Crippen LogP) is 2.91. The summed E-state index contributed by atoms with van der Waals surface area (Å²) in [4.78, 5) is 11.7. The maximum absolute atomic E-state index is 11.7. The van der Waals surface area contributed by atoms with E-state index in [1.807, 2.05) is 52.0 Å². The van der Waals surface area contributed by atoms with E-state index < -0.39 is 0 Å². The molecule has 4 heteroatoms. The Morgan fingerprint density at radius 1 is 1.28 bits per heavy atom. The summed E-state index contributed by atoms with van der Waals surface area (Å²) in [6.45, 7) is 8.23. The fraction of sp³-hybridized carbons (Fsp3) is 0.500. The highest BCUT2D eigenvalue weighted by atomic mass is 35.5. The number of hydrogen-bond donors (Lipinski definition) is 2. The molecule has 0 aliphatic heterocycles. The summed E-state index contributed by atoms with van der Waals surface area (Å²) >= 11 is 5.83. The van der Waals surface area contributed by atoms with Gasteiger partial charge >= 0.3 is 0 Å². The molecule has 1 unspecified atom stereocenters. The molecule has 3 nitrogen and oxygen atoms in total. The van der Waals surface area contributed by atoms with Gasteiger partial charge in [0.15, 0.2) is 0 Å². The number of benzene rings is 1. The number of amides is 1. The second kappa shape index (κ2) is 6.21.